The smallest absolute Gasteiger partial charge is 0.258 e. The topological polar surface area (TPSA) is 62.3 Å². The quantitative estimate of drug-likeness (QED) is 0.650. The van der Waals surface area contributed by atoms with Crippen LogP contribution in [0.2, 0.25) is 0 Å². The van der Waals surface area contributed by atoms with Crippen molar-refractivity contribution in [2.75, 3.05) is 0 Å². The maximum atomic E-state index is 12.6. The Morgan fingerprint density at radius 2 is 1.77 bits per heavy atom. The predicted octanol–water partition coefficient (Wildman–Crippen LogP) is 5.98. The van der Waals surface area contributed by atoms with E-state index >= 15 is 0 Å². The average molecular weight is 352 g/mol. The number of benzene rings is 1. The third kappa shape index (κ3) is 3.79. The average Bonchev–Trinajstić information content (AvgIpc) is 2.69. The summed E-state index contributed by atoms with van der Waals surface area (Å²) in [4.78, 5) is 27.0. The van der Waals surface area contributed by atoms with Gasteiger partial charge in [0.2, 0.25) is 0 Å². The van der Waals surface area contributed by atoms with Crippen molar-refractivity contribution in [1.29, 1.82) is 0 Å². The molecule has 0 saturated heterocycles. The SMILES string of the molecule is CCC1(CC)CCC(Cc2cc(N=O)c(-c3ccccc3)c(=O)[nH]2)CC1. The molecule has 0 bridgehead atoms. The van der Waals surface area contributed by atoms with Gasteiger partial charge in [-0.25, -0.2) is 0 Å². The summed E-state index contributed by atoms with van der Waals surface area (Å²) in [7, 11) is 0. The Labute approximate surface area is 155 Å². The van der Waals surface area contributed by atoms with E-state index in [1.807, 2.05) is 30.3 Å². The summed E-state index contributed by atoms with van der Waals surface area (Å²) in [6, 6.07) is 11.0. The molecule has 0 amide bonds. The molecule has 0 spiro atoms. The fourth-order valence-corrected chi connectivity index (χ4v) is 4.43. The van der Waals surface area contributed by atoms with Gasteiger partial charge < -0.3 is 4.98 Å². The van der Waals surface area contributed by atoms with Crippen molar-refractivity contribution >= 4 is 5.69 Å². The molecule has 26 heavy (non-hydrogen) atoms. The number of aromatic amines is 1. The number of hydrogen-bond donors (Lipinski definition) is 1. The normalized spacial score (nSPS) is 17.2. The Bertz CT molecular complexity index is 797. The molecule has 1 heterocycles. The van der Waals surface area contributed by atoms with E-state index in [2.05, 4.69) is 24.0 Å². The monoisotopic (exact) mass is 352 g/mol. The minimum absolute atomic E-state index is 0.226. The van der Waals surface area contributed by atoms with Crippen LogP contribution in [0.4, 0.5) is 5.69 Å². The number of aromatic nitrogens is 1. The summed E-state index contributed by atoms with van der Waals surface area (Å²) in [6.07, 6.45) is 8.21. The van der Waals surface area contributed by atoms with Gasteiger partial charge in [0.15, 0.2) is 0 Å². The van der Waals surface area contributed by atoms with Crippen LogP contribution in [0.15, 0.2) is 46.4 Å². The molecular weight excluding hydrogens is 324 g/mol. The van der Waals surface area contributed by atoms with Crippen LogP contribution in [0.5, 0.6) is 0 Å². The third-order valence-corrected chi connectivity index (χ3v) is 6.40. The van der Waals surface area contributed by atoms with Gasteiger partial charge in [0.25, 0.3) is 5.56 Å². The lowest BCUT2D eigenvalue weighted by atomic mass is 9.67. The van der Waals surface area contributed by atoms with Crippen molar-refractivity contribution < 1.29 is 0 Å². The van der Waals surface area contributed by atoms with E-state index in [9.17, 15) is 9.70 Å². The van der Waals surface area contributed by atoms with Gasteiger partial charge in [0, 0.05) is 5.69 Å². The number of H-pyrrole nitrogens is 1. The highest BCUT2D eigenvalue weighted by Crippen LogP contribution is 2.44. The Kier molecular flexibility index (Phi) is 5.70. The van der Waals surface area contributed by atoms with Crippen molar-refractivity contribution in [1.82, 2.24) is 4.98 Å². The summed E-state index contributed by atoms with van der Waals surface area (Å²) in [5, 5.41) is 3.14. The molecule has 1 aromatic carbocycles. The molecule has 1 aliphatic rings. The zero-order valence-corrected chi connectivity index (χ0v) is 15.8. The molecule has 1 aliphatic carbocycles. The van der Waals surface area contributed by atoms with Crippen molar-refractivity contribution in [3.63, 3.8) is 0 Å². The van der Waals surface area contributed by atoms with Crippen LogP contribution < -0.4 is 5.56 Å². The molecule has 0 unspecified atom stereocenters. The number of pyridine rings is 1. The number of hydrogen-bond acceptors (Lipinski definition) is 3. The standard InChI is InChI=1S/C22H28N2O2/c1-3-22(4-2)12-10-16(11-13-22)14-18-15-19(24-26)20(21(25)23-18)17-8-6-5-7-9-17/h5-9,15-16H,3-4,10-14H2,1-2H3,(H,23,25). The molecule has 3 rings (SSSR count). The van der Waals surface area contributed by atoms with E-state index in [1.54, 1.807) is 6.07 Å². The molecule has 1 aromatic heterocycles. The lowest BCUT2D eigenvalue weighted by Gasteiger charge is -2.39. The summed E-state index contributed by atoms with van der Waals surface area (Å²) >= 11 is 0. The number of nitrogens with zero attached hydrogens (tertiary/aromatic N) is 1. The van der Waals surface area contributed by atoms with Gasteiger partial charge >= 0.3 is 0 Å². The Hall–Kier alpha value is -2.23. The number of nitroso groups, excluding NO2 is 1. The van der Waals surface area contributed by atoms with Crippen LogP contribution in [0.25, 0.3) is 11.1 Å². The van der Waals surface area contributed by atoms with Crippen molar-refractivity contribution in [3.8, 4) is 11.1 Å². The van der Waals surface area contributed by atoms with Gasteiger partial charge in [-0.1, -0.05) is 57.0 Å². The van der Waals surface area contributed by atoms with Gasteiger partial charge in [0.05, 0.1) is 5.56 Å². The zero-order valence-electron chi connectivity index (χ0n) is 15.8. The zero-order chi connectivity index (χ0) is 18.6. The lowest BCUT2D eigenvalue weighted by molar-refractivity contribution is 0.135. The molecular formula is C22H28N2O2. The van der Waals surface area contributed by atoms with Gasteiger partial charge in [-0.3, -0.25) is 4.79 Å². The van der Waals surface area contributed by atoms with Crippen molar-refractivity contribution in [2.24, 2.45) is 16.5 Å². The first-order valence-electron chi connectivity index (χ1n) is 9.76. The first-order valence-corrected chi connectivity index (χ1v) is 9.76. The van der Waals surface area contributed by atoms with E-state index in [0.717, 1.165) is 17.7 Å². The molecule has 2 aromatic rings. The van der Waals surface area contributed by atoms with E-state index in [0.29, 0.717) is 16.9 Å². The Morgan fingerprint density at radius 3 is 2.35 bits per heavy atom. The third-order valence-electron chi connectivity index (χ3n) is 6.40. The largest absolute Gasteiger partial charge is 0.326 e. The highest BCUT2D eigenvalue weighted by atomic mass is 16.3. The van der Waals surface area contributed by atoms with E-state index in [4.69, 9.17) is 0 Å². The molecule has 1 N–H and O–H groups in total. The maximum absolute atomic E-state index is 12.6. The molecule has 4 nitrogen and oxygen atoms in total. The van der Waals surface area contributed by atoms with E-state index in [1.165, 1.54) is 38.5 Å². The van der Waals surface area contributed by atoms with Crippen molar-refractivity contribution in [3.05, 3.63) is 57.4 Å². The molecule has 1 fully saturated rings. The number of rotatable bonds is 6. The Balaban J connectivity index is 1.79. The fourth-order valence-electron chi connectivity index (χ4n) is 4.43. The summed E-state index contributed by atoms with van der Waals surface area (Å²) < 4.78 is 0. The maximum Gasteiger partial charge on any atom is 0.258 e. The second kappa shape index (κ2) is 7.98. The highest BCUT2D eigenvalue weighted by molar-refractivity contribution is 5.74. The molecule has 0 aliphatic heterocycles. The van der Waals surface area contributed by atoms with Crippen LogP contribution in [0.1, 0.15) is 58.1 Å². The van der Waals surface area contributed by atoms with Gasteiger partial charge in [-0.15, -0.1) is 4.91 Å². The van der Waals surface area contributed by atoms with Crippen molar-refractivity contribution in [2.45, 2.75) is 58.8 Å². The van der Waals surface area contributed by atoms with E-state index in [-0.39, 0.29) is 11.2 Å². The fraction of sp³-hybridized carbons (Fsp3) is 0.500. The highest BCUT2D eigenvalue weighted by Gasteiger charge is 2.32. The van der Waals surface area contributed by atoms with Crippen LogP contribution >= 0.6 is 0 Å². The van der Waals surface area contributed by atoms with Crippen LogP contribution in [-0.4, -0.2) is 4.98 Å². The van der Waals surface area contributed by atoms with Crippen LogP contribution in [0, 0.1) is 16.2 Å². The summed E-state index contributed by atoms with van der Waals surface area (Å²) in [6.45, 7) is 4.59. The molecule has 0 atom stereocenters. The summed E-state index contributed by atoms with van der Waals surface area (Å²) in [5.74, 6) is 0.568. The second-order valence-corrected chi connectivity index (χ2v) is 7.70. The van der Waals surface area contributed by atoms with Gasteiger partial charge in [0.1, 0.15) is 5.69 Å². The predicted molar refractivity (Wildman–Crippen MR) is 107 cm³/mol. The lowest BCUT2D eigenvalue weighted by Crippen LogP contribution is -2.27. The molecule has 0 radical (unpaired) electrons. The minimum atomic E-state index is -0.226. The minimum Gasteiger partial charge on any atom is -0.326 e. The van der Waals surface area contributed by atoms with Crippen LogP contribution in [0.3, 0.4) is 0 Å². The van der Waals surface area contributed by atoms with Gasteiger partial charge in [-0.2, -0.15) is 0 Å². The first kappa shape index (κ1) is 18.6. The van der Waals surface area contributed by atoms with E-state index < -0.39 is 0 Å². The Morgan fingerprint density at radius 1 is 1.12 bits per heavy atom. The second-order valence-electron chi connectivity index (χ2n) is 7.70. The van der Waals surface area contributed by atoms with Crippen LogP contribution in [-0.2, 0) is 6.42 Å². The first-order chi connectivity index (χ1) is 12.6. The molecule has 1 saturated carbocycles. The molecule has 138 valence electrons. The van der Waals surface area contributed by atoms with Gasteiger partial charge in [-0.05, 0) is 60.2 Å². The molecule has 4 heteroatoms. The number of nitrogens with one attached hydrogen (secondary N) is 1. The summed E-state index contributed by atoms with van der Waals surface area (Å²) in [5.41, 5.74) is 2.44.